The molecule has 0 aliphatic rings. The molecule has 3 aromatic rings. The third-order valence-electron chi connectivity index (χ3n) is 3.36. The number of amides is 2. The van der Waals surface area contributed by atoms with Crippen LogP contribution in [0.2, 0.25) is 0 Å². The standard InChI is InChI=1S/C18H14N4O3/c19-17(24)15-16(13-8-10-20-11-9-13)22-25-18(15)21-14(23)7-6-12-4-2-1-3-5-12/h1-11H,(H2,19,24)(H,21,23). The molecule has 124 valence electrons. The van der Waals surface area contributed by atoms with Gasteiger partial charge in [-0.15, -0.1) is 0 Å². The highest BCUT2D eigenvalue weighted by Gasteiger charge is 2.23. The Morgan fingerprint density at radius 3 is 2.48 bits per heavy atom. The van der Waals surface area contributed by atoms with E-state index in [2.05, 4.69) is 15.5 Å². The van der Waals surface area contributed by atoms with Crippen LogP contribution >= 0.6 is 0 Å². The summed E-state index contributed by atoms with van der Waals surface area (Å²) in [5.74, 6) is -1.32. The molecule has 7 nitrogen and oxygen atoms in total. The molecule has 25 heavy (non-hydrogen) atoms. The van der Waals surface area contributed by atoms with Gasteiger partial charge in [0.25, 0.3) is 11.8 Å². The van der Waals surface area contributed by atoms with Crippen LogP contribution in [0.15, 0.2) is 65.5 Å². The average molecular weight is 334 g/mol. The van der Waals surface area contributed by atoms with Crippen LogP contribution in [0.1, 0.15) is 15.9 Å². The first-order valence-electron chi connectivity index (χ1n) is 7.39. The van der Waals surface area contributed by atoms with E-state index in [0.29, 0.717) is 5.56 Å². The summed E-state index contributed by atoms with van der Waals surface area (Å²) >= 11 is 0. The van der Waals surface area contributed by atoms with E-state index in [-0.39, 0.29) is 17.1 Å². The van der Waals surface area contributed by atoms with Crippen LogP contribution in [0.3, 0.4) is 0 Å². The predicted octanol–water partition coefficient (Wildman–Crippen LogP) is 2.49. The van der Waals surface area contributed by atoms with Gasteiger partial charge in [-0.3, -0.25) is 19.9 Å². The van der Waals surface area contributed by atoms with Crippen LogP contribution in [-0.4, -0.2) is 22.0 Å². The van der Waals surface area contributed by atoms with Gasteiger partial charge in [-0.05, 0) is 23.8 Å². The number of hydrogen-bond acceptors (Lipinski definition) is 5. The Bertz CT molecular complexity index is 918. The monoisotopic (exact) mass is 334 g/mol. The number of carbonyl (C=O) groups excluding carboxylic acids is 2. The maximum atomic E-state index is 12.1. The van der Waals surface area contributed by atoms with Crippen molar-refractivity contribution in [3.8, 4) is 11.3 Å². The summed E-state index contributed by atoms with van der Waals surface area (Å²) in [7, 11) is 0. The molecule has 0 atom stereocenters. The zero-order chi connectivity index (χ0) is 17.6. The number of nitrogens with zero attached hydrogens (tertiary/aromatic N) is 2. The fraction of sp³-hybridized carbons (Fsp3) is 0. The fourth-order valence-corrected chi connectivity index (χ4v) is 2.20. The zero-order valence-electron chi connectivity index (χ0n) is 13.0. The average Bonchev–Trinajstić information content (AvgIpc) is 3.05. The van der Waals surface area contributed by atoms with E-state index >= 15 is 0 Å². The molecule has 0 aliphatic carbocycles. The van der Waals surface area contributed by atoms with Gasteiger partial charge in [0.2, 0.25) is 5.88 Å². The summed E-state index contributed by atoms with van der Waals surface area (Å²) in [4.78, 5) is 27.7. The third kappa shape index (κ3) is 3.78. The van der Waals surface area contributed by atoms with Gasteiger partial charge in [-0.2, -0.15) is 0 Å². The Labute approximate surface area is 143 Å². The molecule has 2 amide bonds. The van der Waals surface area contributed by atoms with Gasteiger partial charge in [0.05, 0.1) is 0 Å². The van der Waals surface area contributed by atoms with Crippen molar-refractivity contribution in [2.24, 2.45) is 5.73 Å². The Morgan fingerprint density at radius 1 is 1.08 bits per heavy atom. The van der Waals surface area contributed by atoms with Crippen LogP contribution in [0.4, 0.5) is 5.88 Å². The Morgan fingerprint density at radius 2 is 1.80 bits per heavy atom. The highest BCUT2D eigenvalue weighted by Crippen LogP contribution is 2.28. The van der Waals surface area contributed by atoms with Gasteiger partial charge in [-0.25, -0.2) is 0 Å². The molecular formula is C18H14N4O3. The summed E-state index contributed by atoms with van der Waals surface area (Å²) in [5.41, 5.74) is 7.14. The number of anilines is 1. The summed E-state index contributed by atoms with van der Waals surface area (Å²) in [6.45, 7) is 0. The van der Waals surface area contributed by atoms with Crippen molar-refractivity contribution in [1.82, 2.24) is 10.1 Å². The highest BCUT2D eigenvalue weighted by molar-refractivity contribution is 6.08. The molecule has 0 saturated heterocycles. The van der Waals surface area contributed by atoms with Crippen LogP contribution in [0.25, 0.3) is 17.3 Å². The Hall–Kier alpha value is -3.74. The molecule has 0 bridgehead atoms. The molecule has 3 N–H and O–H groups in total. The smallest absolute Gasteiger partial charge is 0.256 e. The minimum absolute atomic E-state index is 0.00709. The van der Waals surface area contributed by atoms with Gasteiger partial charge >= 0.3 is 0 Å². The summed E-state index contributed by atoms with van der Waals surface area (Å²) < 4.78 is 5.10. The van der Waals surface area contributed by atoms with Gasteiger partial charge < -0.3 is 10.3 Å². The first-order chi connectivity index (χ1) is 12.1. The molecule has 0 fully saturated rings. The topological polar surface area (TPSA) is 111 Å². The molecule has 7 heteroatoms. The lowest BCUT2D eigenvalue weighted by atomic mass is 10.1. The number of hydrogen-bond donors (Lipinski definition) is 2. The lowest BCUT2D eigenvalue weighted by Crippen LogP contribution is -2.16. The van der Waals surface area contributed by atoms with Crippen molar-refractivity contribution < 1.29 is 14.1 Å². The minimum Gasteiger partial charge on any atom is -0.365 e. The fourth-order valence-electron chi connectivity index (χ4n) is 2.20. The number of pyridine rings is 1. The zero-order valence-corrected chi connectivity index (χ0v) is 13.0. The van der Waals surface area contributed by atoms with Crippen LogP contribution in [0, 0.1) is 0 Å². The molecular weight excluding hydrogens is 320 g/mol. The van der Waals surface area contributed by atoms with E-state index in [1.807, 2.05) is 30.3 Å². The maximum absolute atomic E-state index is 12.1. The summed E-state index contributed by atoms with van der Waals surface area (Å²) in [6.07, 6.45) is 6.07. The molecule has 2 heterocycles. The van der Waals surface area contributed by atoms with Crippen molar-refractivity contribution in [3.05, 3.63) is 72.1 Å². The van der Waals surface area contributed by atoms with E-state index in [0.717, 1.165) is 5.56 Å². The second kappa shape index (κ2) is 7.22. The van der Waals surface area contributed by atoms with Crippen LogP contribution in [-0.2, 0) is 4.79 Å². The van der Waals surface area contributed by atoms with E-state index in [4.69, 9.17) is 10.3 Å². The highest BCUT2D eigenvalue weighted by atomic mass is 16.5. The second-order valence-corrected chi connectivity index (χ2v) is 5.07. The predicted molar refractivity (Wildman–Crippen MR) is 92.4 cm³/mol. The lowest BCUT2D eigenvalue weighted by Gasteiger charge is -2.00. The van der Waals surface area contributed by atoms with E-state index in [1.54, 1.807) is 30.6 Å². The summed E-state index contributed by atoms with van der Waals surface area (Å²) in [6, 6.07) is 12.6. The molecule has 3 rings (SSSR count). The van der Waals surface area contributed by atoms with Crippen molar-refractivity contribution in [2.45, 2.75) is 0 Å². The Kier molecular flexibility index (Phi) is 4.66. The van der Waals surface area contributed by atoms with Crippen LogP contribution in [0.5, 0.6) is 0 Å². The van der Waals surface area contributed by atoms with Gasteiger partial charge in [0.1, 0.15) is 11.3 Å². The first kappa shape index (κ1) is 16.1. The van der Waals surface area contributed by atoms with Gasteiger partial charge in [-0.1, -0.05) is 35.5 Å². The Balaban J connectivity index is 1.83. The molecule has 0 radical (unpaired) electrons. The number of carbonyl (C=O) groups is 2. The van der Waals surface area contributed by atoms with Crippen molar-refractivity contribution in [3.63, 3.8) is 0 Å². The van der Waals surface area contributed by atoms with Crippen molar-refractivity contribution >= 4 is 23.8 Å². The summed E-state index contributed by atoms with van der Waals surface area (Å²) in [5, 5.41) is 6.32. The van der Waals surface area contributed by atoms with Crippen molar-refractivity contribution in [2.75, 3.05) is 5.32 Å². The largest absolute Gasteiger partial charge is 0.365 e. The number of primary amides is 1. The molecule has 0 spiro atoms. The van der Waals surface area contributed by atoms with Crippen LogP contribution < -0.4 is 11.1 Å². The number of nitrogens with two attached hydrogens (primary N) is 1. The normalized spacial score (nSPS) is 10.7. The first-order valence-corrected chi connectivity index (χ1v) is 7.39. The number of rotatable bonds is 5. The number of benzene rings is 1. The molecule has 2 aromatic heterocycles. The molecule has 0 saturated carbocycles. The van der Waals surface area contributed by atoms with E-state index < -0.39 is 11.8 Å². The number of nitrogens with one attached hydrogen (secondary N) is 1. The molecule has 0 unspecified atom stereocenters. The molecule has 0 aliphatic heterocycles. The van der Waals surface area contributed by atoms with E-state index in [1.165, 1.54) is 6.08 Å². The van der Waals surface area contributed by atoms with E-state index in [9.17, 15) is 9.59 Å². The SMILES string of the molecule is NC(=O)c1c(-c2ccncc2)noc1NC(=O)C=Cc1ccccc1. The quantitative estimate of drug-likeness (QED) is 0.696. The maximum Gasteiger partial charge on any atom is 0.256 e. The minimum atomic E-state index is -0.754. The number of aromatic nitrogens is 2. The second-order valence-electron chi connectivity index (χ2n) is 5.07. The van der Waals surface area contributed by atoms with Crippen molar-refractivity contribution in [1.29, 1.82) is 0 Å². The molecule has 1 aromatic carbocycles. The third-order valence-corrected chi connectivity index (χ3v) is 3.36. The lowest BCUT2D eigenvalue weighted by molar-refractivity contribution is -0.112. The van der Waals surface area contributed by atoms with Gasteiger partial charge in [0, 0.05) is 24.0 Å². The van der Waals surface area contributed by atoms with Gasteiger partial charge in [0.15, 0.2) is 0 Å².